The third-order valence-corrected chi connectivity index (χ3v) is 4.84. The molecule has 1 saturated heterocycles. The predicted octanol–water partition coefficient (Wildman–Crippen LogP) is -1.48. The normalized spacial score (nSPS) is 24.9. The van der Waals surface area contributed by atoms with Crippen LogP contribution in [0.5, 0.6) is 0 Å². The predicted molar refractivity (Wildman–Crippen MR) is 58.1 cm³/mol. The first-order valence-corrected chi connectivity index (χ1v) is 6.95. The van der Waals surface area contributed by atoms with Crippen molar-refractivity contribution in [2.24, 2.45) is 0 Å². The number of nitrogens with one attached hydrogen (secondary N) is 1. The van der Waals surface area contributed by atoms with Gasteiger partial charge in [-0.3, -0.25) is 4.79 Å². The Morgan fingerprint density at radius 1 is 1.35 bits per heavy atom. The molecule has 0 aliphatic carbocycles. The van der Waals surface area contributed by atoms with E-state index in [0.717, 1.165) is 0 Å². The van der Waals surface area contributed by atoms with Gasteiger partial charge in [-0.1, -0.05) is 6.42 Å². The number of carboxylic acids is 1. The number of aliphatic carboxylic acids is 1. The monoisotopic (exact) mass is 265 g/mol. The number of hydrogen-bond donors (Lipinski definition) is 3. The average Bonchev–Trinajstić information content (AvgIpc) is 2.24. The minimum absolute atomic E-state index is 0.0536. The Kier molecular flexibility index (Phi) is 4.47. The maximum Gasteiger partial charge on any atom is 0.328 e. The second-order valence-electron chi connectivity index (χ2n) is 3.93. The molecule has 0 bridgehead atoms. The lowest BCUT2D eigenvalue weighted by molar-refractivity contribution is -0.142. The maximum atomic E-state index is 11.6. The van der Waals surface area contributed by atoms with E-state index in [0.29, 0.717) is 12.8 Å². The standard InChI is InChI=1S/C9H15NO6S/c11-5-6(9(13)14)10-8(12)7-3-1-2-4-17(7,15)16/h6-7,11H,1-5H2,(H,10,12)(H,13,14). The first-order chi connectivity index (χ1) is 7.88. The SMILES string of the molecule is O=C(O)C(CO)NC(=O)C1CCCCS1(=O)=O. The topological polar surface area (TPSA) is 121 Å². The molecule has 17 heavy (non-hydrogen) atoms. The molecule has 1 aliphatic rings. The average molecular weight is 265 g/mol. The van der Waals surface area contributed by atoms with Crippen LogP contribution in [-0.4, -0.2) is 54.2 Å². The van der Waals surface area contributed by atoms with E-state index in [1.165, 1.54) is 0 Å². The highest BCUT2D eigenvalue weighted by molar-refractivity contribution is 7.92. The first-order valence-electron chi connectivity index (χ1n) is 5.24. The summed E-state index contributed by atoms with van der Waals surface area (Å²) in [7, 11) is -3.49. The summed E-state index contributed by atoms with van der Waals surface area (Å²) >= 11 is 0. The molecular formula is C9H15NO6S. The summed E-state index contributed by atoms with van der Waals surface area (Å²) in [5, 5.41) is 18.2. The number of aliphatic hydroxyl groups excluding tert-OH is 1. The number of carbonyl (C=O) groups is 2. The van der Waals surface area contributed by atoms with Crippen molar-refractivity contribution in [2.45, 2.75) is 30.6 Å². The third-order valence-electron chi connectivity index (χ3n) is 2.67. The molecule has 1 aliphatic heterocycles. The maximum absolute atomic E-state index is 11.6. The molecule has 1 rings (SSSR count). The Balaban J connectivity index is 2.72. The summed E-state index contributed by atoms with van der Waals surface area (Å²) in [6.07, 6.45) is 1.34. The van der Waals surface area contributed by atoms with E-state index in [9.17, 15) is 18.0 Å². The van der Waals surface area contributed by atoms with Crippen molar-refractivity contribution in [3.63, 3.8) is 0 Å². The van der Waals surface area contributed by atoms with Crippen LogP contribution in [0.4, 0.5) is 0 Å². The summed E-state index contributed by atoms with van der Waals surface area (Å²) in [5.41, 5.74) is 0. The second kappa shape index (κ2) is 5.46. The van der Waals surface area contributed by atoms with E-state index in [1.807, 2.05) is 5.32 Å². The Labute approximate surface area is 98.7 Å². The van der Waals surface area contributed by atoms with E-state index in [4.69, 9.17) is 10.2 Å². The van der Waals surface area contributed by atoms with Crippen LogP contribution in [0.15, 0.2) is 0 Å². The van der Waals surface area contributed by atoms with Gasteiger partial charge in [0.25, 0.3) is 0 Å². The van der Waals surface area contributed by atoms with Gasteiger partial charge in [-0.25, -0.2) is 13.2 Å². The van der Waals surface area contributed by atoms with Crippen LogP contribution in [0.1, 0.15) is 19.3 Å². The molecule has 0 aromatic rings. The molecule has 1 amide bonds. The highest BCUT2D eigenvalue weighted by atomic mass is 32.2. The quantitative estimate of drug-likeness (QED) is 0.570. The number of aliphatic hydroxyl groups is 1. The van der Waals surface area contributed by atoms with Gasteiger partial charge in [0.2, 0.25) is 5.91 Å². The molecular weight excluding hydrogens is 250 g/mol. The molecule has 1 fully saturated rings. The lowest BCUT2D eigenvalue weighted by Gasteiger charge is -2.22. The smallest absolute Gasteiger partial charge is 0.328 e. The molecule has 2 atom stereocenters. The lowest BCUT2D eigenvalue weighted by atomic mass is 10.1. The zero-order valence-corrected chi connectivity index (χ0v) is 9.94. The van der Waals surface area contributed by atoms with Gasteiger partial charge in [0.05, 0.1) is 12.4 Å². The Morgan fingerprint density at radius 3 is 2.47 bits per heavy atom. The van der Waals surface area contributed by atoms with Gasteiger partial charge in [0, 0.05) is 0 Å². The molecule has 0 radical (unpaired) electrons. The highest BCUT2D eigenvalue weighted by Crippen LogP contribution is 2.19. The van der Waals surface area contributed by atoms with Gasteiger partial charge in [0.1, 0.15) is 11.3 Å². The fourth-order valence-corrected chi connectivity index (χ4v) is 3.51. The van der Waals surface area contributed by atoms with Crippen LogP contribution >= 0.6 is 0 Å². The van der Waals surface area contributed by atoms with Crippen LogP contribution in [0.2, 0.25) is 0 Å². The molecule has 2 unspecified atom stereocenters. The van der Waals surface area contributed by atoms with E-state index in [-0.39, 0.29) is 12.2 Å². The Bertz CT molecular complexity index is 404. The van der Waals surface area contributed by atoms with Crippen molar-refractivity contribution in [3.05, 3.63) is 0 Å². The van der Waals surface area contributed by atoms with Crippen molar-refractivity contribution >= 4 is 21.7 Å². The van der Waals surface area contributed by atoms with E-state index >= 15 is 0 Å². The molecule has 1 heterocycles. The summed E-state index contributed by atoms with van der Waals surface area (Å²) in [5.74, 6) is -2.29. The fraction of sp³-hybridized carbons (Fsp3) is 0.778. The van der Waals surface area contributed by atoms with Crippen LogP contribution in [0.3, 0.4) is 0 Å². The van der Waals surface area contributed by atoms with Gasteiger partial charge in [-0.15, -0.1) is 0 Å². The summed E-state index contributed by atoms with van der Waals surface area (Å²) in [4.78, 5) is 22.2. The number of carboxylic acid groups (broad SMARTS) is 1. The summed E-state index contributed by atoms with van der Waals surface area (Å²) < 4.78 is 23.2. The second-order valence-corrected chi connectivity index (χ2v) is 6.24. The molecule has 98 valence electrons. The van der Waals surface area contributed by atoms with Crippen LogP contribution in [0, 0.1) is 0 Å². The highest BCUT2D eigenvalue weighted by Gasteiger charge is 2.36. The Morgan fingerprint density at radius 2 is 2.00 bits per heavy atom. The van der Waals surface area contributed by atoms with E-state index in [2.05, 4.69) is 0 Å². The van der Waals surface area contributed by atoms with E-state index in [1.54, 1.807) is 0 Å². The number of carbonyl (C=O) groups excluding carboxylic acids is 1. The molecule has 0 spiro atoms. The van der Waals surface area contributed by atoms with Crippen molar-refractivity contribution in [1.82, 2.24) is 5.32 Å². The van der Waals surface area contributed by atoms with Crippen molar-refractivity contribution in [1.29, 1.82) is 0 Å². The lowest BCUT2D eigenvalue weighted by Crippen LogP contribution is -2.50. The van der Waals surface area contributed by atoms with Gasteiger partial charge >= 0.3 is 5.97 Å². The molecule has 3 N–H and O–H groups in total. The van der Waals surface area contributed by atoms with Gasteiger partial charge < -0.3 is 15.5 Å². The summed E-state index contributed by atoms with van der Waals surface area (Å²) in [6, 6.07) is -1.46. The van der Waals surface area contributed by atoms with Gasteiger partial charge in [0.15, 0.2) is 9.84 Å². The van der Waals surface area contributed by atoms with Crippen LogP contribution < -0.4 is 5.32 Å². The Hall–Kier alpha value is -1.15. The molecule has 8 heteroatoms. The number of rotatable bonds is 4. The number of amides is 1. The molecule has 7 nitrogen and oxygen atoms in total. The van der Waals surface area contributed by atoms with Gasteiger partial charge in [-0.2, -0.15) is 0 Å². The largest absolute Gasteiger partial charge is 0.480 e. The van der Waals surface area contributed by atoms with Crippen molar-refractivity contribution < 1.29 is 28.2 Å². The van der Waals surface area contributed by atoms with Crippen LogP contribution in [-0.2, 0) is 19.4 Å². The van der Waals surface area contributed by atoms with Crippen molar-refractivity contribution in [2.75, 3.05) is 12.4 Å². The summed E-state index contributed by atoms with van der Waals surface area (Å²) in [6.45, 7) is -0.770. The third kappa shape index (κ3) is 3.40. The fourth-order valence-electron chi connectivity index (χ4n) is 1.70. The molecule has 0 aromatic carbocycles. The minimum atomic E-state index is -3.49. The van der Waals surface area contributed by atoms with Gasteiger partial charge in [-0.05, 0) is 12.8 Å². The first kappa shape index (κ1) is 13.9. The van der Waals surface area contributed by atoms with E-state index < -0.39 is 39.6 Å². The molecule has 0 aromatic heterocycles. The van der Waals surface area contributed by atoms with Crippen LogP contribution in [0.25, 0.3) is 0 Å². The van der Waals surface area contributed by atoms with Crippen molar-refractivity contribution in [3.8, 4) is 0 Å². The zero-order chi connectivity index (χ0) is 13.1. The number of sulfone groups is 1. The minimum Gasteiger partial charge on any atom is -0.480 e. The zero-order valence-electron chi connectivity index (χ0n) is 9.13. The number of hydrogen-bond acceptors (Lipinski definition) is 5. The molecule has 0 saturated carbocycles.